The van der Waals surface area contributed by atoms with Crippen molar-refractivity contribution in [3.05, 3.63) is 89.5 Å². The standard InChI is InChI=1S/C25H25NO4/c1-28-21-12-6-10-18(15-21)23(17-8-4-3-5-9-17)26-25(27)20-14-19-11-7-13-22(29-2)24(19)30-16-20/h3-13,15,20,23H,14,16H2,1-2H3,(H,26,27)/t20-,23-/m0/s1. The van der Waals surface area contributed by atoms with Gasteiger partial charge in [-0.3, -0.25) is 4.79 Å². The van der Waals surface area contributed by atoms with E-state index >= 15 is 0 Å². The second kappa shape index (κ2) is 8.91. The van der Waals surface area contributed by atoms with Gasteiger partial charge >= 0.3 is 0 Å². The van der Waals surface area contributed by atoms with Gasteiger partial charge in [0.05, 0.1) is 26.2 Å². The number of methoxy groups -OCH3 is 2. The van der Waals surface area contributed by atoms with Gasteiger partial charge in [-0.05, 0) is 41.3 Å². The van der Waals surface area contributed by atoms with Crippen molar-refractivity contribution in [3.8, 4) is 17.2 Å². The predicted molar refractivity (Wildman–Crippen MR) is 115 cm³/mol. The van der Waals surface area contributed by atoms with Crippen LogP contribution < -0.4 is 19.5 Å². The molecule has 0 aliphatic carbocycles. The molecule has 1 N–H and O–H groups in total. The number of para-hydroxylation sites is 1. The molecule has 0 bridgehead atoms. The summed E-state index contributed by atoms with van der Waals surface area (Å²) >= 11 is 0. The maximum absolute atomic E-state index is 13.2. The van der Waals surface area contributed by atoms with Gasteiger partial charge < -0.3 is 19.5 Å². The van der Waals surface area contributed by atoms with Crippen molar-refractivity contribution in [3.63, 3.8) is 0 Å². The second-order valence-electron chi connectivity index (χ2n) is 7.29. The van der Waals surface area contributed by atoms with E-state index in [9.17, 15) is 4.79 Å². The summed E-state index contributed by atoms with van der Waals surface area (Å²) in [6.45, 7) is 0.318. The average Bonchev–Trinajstić information content (AvgIpc) is 2.82. The summed E-state index contributed by atoms with van der Waals surface area (Å²) in [5, 5.41) is 3.22. The molecule has 2 atom stereocenters. The maximum atomic E-state index is 13.2. The number of hydrogen-bond acceptors (Lipinski definition) is 4. The lowest BCUT2D eigenvalue weighted by molar-refractivity contribution is -0.126. The van der Waals surface area contributed by atoms with Crippen LogP contribution in [0.3, 0.4) is 0 Å². The topological polar surface area (TPSA) is 56.8 Å². The lowest BCUT2D eigenvalue weighted by Crippen LogP contribution is -2.39. The highest BCUT2D eigenvalue weighted by atomic mass is 16.5. The molecule has 0 radical (unpaired) electrons. The molecule has 1 aliphatic heterocycles. The van der Waals surface area contributed by atoms with Crippen LogP contribution in [0.5, 0.6) is 17.2 Å². The van der Waals surface area contributed by atoms with E-state index in [-0.39, 0.29) is 17.9 Å². The number of fused-ring (bicyclic) bond motifs is 1. The first-order chi connectivity index (χ1) is 14.7. The van der Waals surface area contributed by atoms with Crippen LogP contribution in [-0.4, -0.2) is 26.7 Å². The summed E-state index contributed by atoms with van der Waals surface area (Å²) in [5.74, 6) is 1.87. The number of amides is 1. The van der Waals surface area contributed by atoms with E-state index in [0.717, 1.165) is 28.2 Å². The van der Waals surface area contributed by atoms with Crippen molar-refractivity contribution in [1.82, 2.24) is 5.32 Å². The van der Waals surface area contributed by atoms with Crippen LogP contribution >= 0.6 is 0 Å². The summed E-state index contributed by atoms with van der Waals surface area (Å²) in [5.41, 5.74) is 2.96. The van der Waals surface area contributed by atoms with Gasteiger partial charge in [0.15, 0.2) is 11.5 Å². The first-order valence-corrected chi connectivity index (χ1v) is 9.97. The molecule has 1 amide bonds. The van der Waals surface area contributed by atoms with Crippen molar-refractivity contribution < 1.29 is 19.0 Å². The van der Waals surface area contributed by atoms with Crippen molar-refractivity contribution in [2.24, 2.45) is 5.92 Å². The highest BCUT2D eigenvalue weighted by molar-refractivity contribution is 5.80. The number of carbonyl (C=O) groups excluding carboxylic acids is 1. The predicted octanol–water partition coefficient (Wildman–Crippen LogP) is 4.16. The van der Waals surface area contributed by atoms with E-state index in [2.05, 4.69) is 5.32 Å². The molecule has 5 heteroatoms. The Kier molecular flexibility index (Phi) is 5.89. The van der Waals surface area contributed by atoms with Gasteiger partial charge in [-0.25, -0.2) is 0 Å². The van der Waals surface area contributed by atoms with Crippen LogP contribution in [0.4, 0.5) is 0 Å². The maximum Gasteiger partial charge on any atom is 0.227 e. The van der Waals surface area contributed by atoms with Crippen molar-refractivity contribution in [2.75, 3.05) is 20.8 Å². The molecule has 154 valence electrons. The average molecular weight is 403 g/mol. The Hall–Kier alpha value is -3.47. The molecule has 0 unspecified atom stereocenters. The van der Waals surface area contributed by atoms with Crippen LogP contribution in [0, 0.1) is 5.92 Å². The van der Waals surface area contributed by atoms with Crippen LogP contribution in [0.2, 0.25) is 0 Å². The Morgan fingerprint density at radius 2 is 1.73 bits per heavy atom. The first-order valence-electron chi connectivity index (χ1n) is 9.97. The zero-order chi connectivity index (χ0) is 20.9. The minimum Gasteiger partial charge on any atom is -0.497 e. The highest BCUT2D eigenvalue weighted by Gasteiger charge is 2.29. The molecule has 3 aromatic rings. The van der Waals surface area contributed by atoms with E-state index < -0.39 is 0 Å². The number of benzene rings is 3. The van der Waals surface area contributed by atoms with Crippen molar-refractivity contribution in [2.45, 2.75) is 12.5 Å². The fourth-order valence-electron chi connectivity index (χ4n) is 3.81. The Morgan fingerprint density at radius 1 is 0.967 bits per heavy atom. The largest absolute Gasteiger partial charge is 0.497 e. The van der Waals surface area contributed by atoms with Gasteiger partial charge in [0.1, 0.15) is 12.4 Å². The third kappa shape index (κ3) is 4.10. The van der Waals surface area contributed by atoms with Crippen molar-refractivity contribution in [1.29, 1.82) is 0 Å². The smallest absolute Gasteiger partial charge is 0.227 e. The molecule has 0 saturated heterocycles. The molecule has 4 rings (SSSR count). The molecular weight excluding hydrogens is 378 g/mol. The van der Waals surface area contributed by atoms with Crippen LogP contribution in [0.25, 0.3) is 0 Å². The summed E-state index contributed by atoms with van der Waals surface area (Å²) in [4.78, 5) is 13.2. The molecule has 1 aliphatic rings. The minimum absolute atomic E-state index is 0.0415. The van der Waals surface area contributed by atoms with E-state index in [1.165, 1.54) is 0 Å². The molecule has 0 saturated carbocycles. The quantitative estimate of drug-likeness (QED) is 0.671. The number of hydrogen-bond donors (Lipinski definition) is 1. The number of rotatable bonds is 6. The van der Waals surface area contributed by atoms with Gasteiger partial charge in [0.25, 0.3) is 0 Å². The number of nitrogens with one attached hydrogen (secondary N) is 1. The van der Waals surface area contributed by atoms with Gasteiger partial charge in [0.2, 0.25) is 5.91 Å². The van der Waals surface area contributed by atoms with Crippen molar-refractivity contribution >= 4 is 5.91 Å². The summed E-state index contributed by atoms with van der Waals surface area (Å²) < 4.78 is 16.7. The highest BCUT2D eigenvalue weighted by Crippen LogP contribution is 2.36. The number of carbonyl (C=O) groups is 1. The Morgan fingerprint density at radius 3 is 2.50 bits per heavy atom. The zero-order valence-corrected chi connectivity index (χ0v) is 17.1. The van der Waals surface area contributed by atoms with Gasteiger partial charge in [-0.2, -0.15) is 0 Å². The Balaban J connectivity index is 1.58. The third-order valence-corrected chi connectivity index (χ3v) is 5.39. The first kappa shape index (κ1) is 19.8. The Bertz CT molecular complexity index is 1020. The fraction of sp³-hybridized carbons (Fsp3) is 0.240. The minimum atomic E-state index is -0.277. The fourth-order valence-corrected chi connectivity index (χ4v) is 3.81. The lowest BCUT2D eigenvalue weighted by atomic mass is 9.93. The summed E-state index contributed by atoms with van der Waals surface area (Å²) in [6.07, 6.45) is 0.609. The monoisotopic (exact) mass is 403 g/mol. The van der Waals surface area contributed by atoms with E-state index in [4.69, 9.17) is 14.2 Å². The Labute approximate surface area is 176 Å². The van der Waals surface area contributed by atoms with Crippen LogP contribution in [0.1, 0.15) is 22.7 Å². The molecule has 0 spiro atoms. The van der Waals surface area contributed by atoms with Gasteiger partial charge in [0, 0.05) is 0 Å². The second-order valence-corrected chi connectivity index (χ2v) is 7.29. The SMILES string of the molecule is COc1cccc([C@@H](NC(=O)[C@@H]2COc3c(cccc3OC)C2)c2ccccc2)c1. The third-order valence-electron chi connectivity index (χ3n) is 5.39. The molecule has 30 heavy (non-hydrogen) atoms. The molecular formula is C25H25NO4. The van der Waals surface area contributed by atoms with Crippen LogP contribution in [-0.2, 0) is 11.2 Å². The molecule has 0 aromatic heterocycles. The van der Waals surface area contributed by atoms with E-state index in [1.54, 1.807) is 14.2 Å². The lowest BCUT2D eigenvalue weighted by Gasteiger charge is -2.28. The normalized spacial score (nSPS) is 16.0. The summed E-state index contributed by atoms with van der Waals surface area (Å²) in [7, 11) is 3.26. The molecule has 0 fully saturated rings. The molecule has 3 aromatic carbocycles. The van der Waals surface area contributed by atoms with E-state index in [0.29, 0.717) is 18.8 Å². The molecule has 1 heterocycles. The van der Waals surface area contributed by atoms with Gasteiger partial charge in [-0.15, -0.1) is 0 Å². The number of ether oxygens (including phenoxy) is 3. The van der Waals surface area contributed by atoms with E-state index in [1.807, 2.05) is 72.8 Å². The van der Waals surface area contributed by atoms with Gasteiger partial charge in [-0.1, -0.05) is 54.6 Å². The summed E-state index contributed by atoms with van der Waals surface area (Å²) in [6, 6.07) is 23.2. The zero-order valence-electron chi connectivity index (χ0n) is 17.1. The molecule has 5 nitrogen and oxygen atoms in total. The van der Waals surface area contributed by atoms with Crippen LogP contribution in [0.15, 0.2) is 72.8 Å².